The first-order chi connectivity index (χ1) is 14.4. The van der Waals surface area contributed by atoms with Crippen LogP contribution in [0.1, 0.15) is 23.6 Å². The summed E-state index contributed by atoms with van der Waals surface area (Å²) in [6, 6.07) is 12.4. The Kier molecular flexibility index (Phi) is 5.81. The molecule has 30 heavy (non-hydrogen) atoms. The van der Waals surface area contributed by atoms with Crippen LogP contribution in [0.25, 0.3) is 0 Å². The van der Waals surface area contributed by atoms with Gasteiger partial charge in [0.1, 0.15) is 11.6 Å². The van der Waals surface area contributed by atoms with E-state index in [1.54, 1.807) is 29.2 Å². The second-order valence-electron chi connectivity index (χ2n) is 8.15. The Labute approximate surface area is 173 Å². The summed E-state index contributed by atoms with van der Waals surface area (Å²) < 4.78 is 27.8. The second kappa shape index (κ2) is 8.52. The van der Waals surface area contributed by atoms with Gasteiger partial charge in [0.15, 0.2) is 0 Å². The highest BCUT2D eigenvalue weighted by Gasteiger charge is 2.49. The molecule has 0 unspecified atom stereocenters. The molecule has 0 bridgehead atoms. The number of carboxylic acids is 1. The van der Waals surface area contributed by atoms with E-state index in [1.165, 1.54) is 18.2 Å². The summed E-state index contributed by atoms with van der Waals surface area (Å²) in [5.41, 5.74) is 1.22. The van der Waals surface area contributed by atoms with Crippen LogP contribution in [0.4, 0.5) is 8.78 Å². The van der Waals surface area contributed by atoms with E-state index in [1.807, 2.05) is 11.0 Å². The van der Waals surface area contributed by atoms with Crippen molar-refractivity contribution in [1.82, 2.24) is 9.80 Å². The molecular formula is C23H24F2N2O3. The second-order valence-corrected chi connectivity index (χ2v) is 8.15. The number of carbonyl (C=O) groups is 2. The zero-order valence-corrected chi connectivity index (χ0v) is 16.5. The van der Waals surface area contributed by atoms with Crippen LogP contribution in [-0.4, -0.2) is 53.0 Å². The number of nitrogens with zero attached hydrogens (tertiary/aromatic N) is 2. The van der Waals surface area contributed by atoms with E-state index < -0.39 is 5.97 Å². The van der Waals surface area contributed by atoms with Gasteiger partial charge in [-0.2, -0.15) is 0 Å². The minimum Gasteiger partial charge on any atom is -0.480 e. The molecule has 3 atom stereocenters. The van der Waals surface area contributed by atoms with Gasteiger partial charge >= 0.3 is 5.97 Å². The van der Waals surface area contributed by atoms with Gasteiger partial charge in [0.25, 0.3) is 0 Å². The zero-order chi connectivity index (χ0) is 21.3. The van der Waals surface area contributed by atoms with Crippen molar-refractivity contribution in [2.45, 2.75) is 18.9 Å². The molecule has 0 spiro atoms. The van der Waals surface area contributed by atoms with E-state index in [0.29, 0.717) is 31.6 Å². The maximum absolute atomic E-state index is 13.9. The molecule has 1 N–H and O–H groups in total. The number of likely N-dealkylation sites (tertiary alicyclic amines) is 2. The van der Waals surface area contributed by atoms with Crippen molar-refractivity contribution in [3.05, 3.63) is 71.3 Å². The molecule has 2 aliphatic heterocycles. The Morgan fingerprint density at radius 3 is 2.57 bits per heavy atom. The average Bonchev–Trinajstić information content (AvgIpc) is 3.23. The molecule has 2 aromatic carbocycles. The number of fused-ring (bicyclic) bond motifs is 1. The Morgan fingerprint density at radius 2 is 1.83 bits per heavy atom. The third-order valence-electron chi connectivity index (χ3n) is 6.18. The molecule has 1 amide bonds. The van der Waals surface area contributed by atoms with Crippen LogP contribution in [0.2, 0.25) is 0 Å². The molecule has 2 heterocycles. The van der Waals surface area contributed by atoms with Crippen molar-refractivity contribution in [3.63, 3.8) is 0 Å². The summed E-state index contributed by atoms with van der Waals surface area (Å²) in [6.45, 7) is 1.61. The van der Waals surface area contributed by atoms with Crippen molar-refractivity contribution in [1.29, 1.82) is 0 Å². The molecule has 4 rings (SSSR count). The highest BCUT2D eigenvalue weighted by Crippen LogP contribution is 2.45. The van der Waals surface area contributed by atoms with Gasteiger partial charge in [-0.1, -0.05) is 30.3 Å². The molecule has 2 aromatic rings. The minimum atomic E-state index is -0.880. The van der Waals surface area contributed by atoms with Crippen molar-refractivity contribution in [3.8, 4) is 0 Å². The van der Waals surface area contributed by atoms with Gasteiger partial charge in [-0.05, 0) is 41.7 Å². The number of hydrogen-bond acceptors (Lipinski definition) is 3. The molecule has 0 aliphatic carbocycles. The first kappa shape index (κ1) is 20.5. The number of aryl methyl sites for hydroxylation is 1. The standard InChI is InChI=1S/C23H24F2N2O3/c24-18-6-3-5-16(10-18)23-19-13-26(14-22(29)30)11-17(19)12-27(23)21(28)9-8-15-4-1-2-7-20(15)25/h1-7,10,17,19,23H,8-9,11-14H2,(H,29,30)/t17-,19-,23+/m0/s1. The van der Waals surface area contributed by atoms with Crippen molar-refractivity contribution in [2.75, 3.05) is 26.2 Å². The van der Waals surface area contributed by atoms with Gasteiger partial charge in [-0.3, -0.25) is 14.5 Å². The number of benzene rings is 2. The Morgan fingerprint density at radius 1 is 1.03 bits per heavy atom. The van der Waals surface area contributed by atoms with E-state index in [4.69, 9.17) is 5.11 Å². The third-order valence-corrected chi connectivity index (χ3v) is 6.18. The van der Waals surface area contributed by atoms with Gasteiger partial charge in [0.2, 0.25) is 5.91 Å². The number of amides is 1. The van der Waals surface area contributed by atoms with Crippen LogP contribution in [0.15, 0.2) is 48.5 Å². The summed E-state index contributed by atoms with van der Waals surface area (Å²) >= 11 is 0. The van der Waals surface area contributed by atoms with Gasteiger partial charge < -0.3 is 10.0 Å². The average molecular weight is 414 g/mol. The maximum atomic E-state index is 13.9. The number of rotatable bonds is 6. The van der Waals surface area contributed by atoms with Crippen LogP contribution in [-0.2, 0) is 16.0 Å². The fourth-order valence-electron chi connectivity index (χ4n) is 4.92. The smallest absolute Gasteiger partial charge is 0.317 e. The topological polar surface area (TPSA) is 60.9 Å². The van der Waals surface area contributed by atoms with Crippen LogP contribution in [0, 0.1) is 23.5 Å². The molecule has 7 heteroatoms. The third kappa shape index (κ3) is 4.21. The number of carboxylic acid groups (broad SMARTS) is 1. The molecule has 0 aromatic heterocycles. The Bertz CT molecular complexity index is 952. The lowest BCUT2D eigenvalue weighted by Gasteiger charge is -2.30. The fraction of sp³-hybridized carbons (Fsp3) is 0.391. The van der Waals surface area contributed by atoms with Crippen LogP contribution in [0.5, 0.6) is 0 Å². The molecule has 0 saturated carbocycles. The summed E-state index contributed by atoms with van der Waals surface area (Å²) in [7, 11) is 0. The van der Waals surface area contributed by atoms with Gasteiger partial charge in [0.05, 0.1) is 12.6 Å². The van der Waals surface area contributed by atoms with E-state index >= 15 is 0 Å². The van der Waals surface area contributed by atoms with Crippen LogP contribution >= 0.6 is 0 Å². The lowest BCUT2D eigenvalue weighted by molar-refractivity contribution is -0.138. The largest absolute Gasteiger partial charge is 0.480 e. The predicted molar refractivity (Wildman–Crippen MR) is 107 cm³/mol. The highest BCUT2D eigenvalue weighted by atomic mass is 19.1. The Hall–Kier alpha value is -2.80. The minimum absolute atomic E-state index is 0.0376. The number of carbonyl (C=O) groups excluding carboxylic acids is 1. The fourth-order valence-corrected chi connectivity index (χ4v) is 4.92. The molecule has 158 valence electrons. The molecule has 2 fully saturated rings. The van der Waals surface area contributed by atoms with Gasteiger partial charge in [0, 0.05) is 32.0 Å². The number of halogens is 2. The highest BCUT2D eigenvalue weighted by molar-refractivity contribution is 5.77. The predicted octanol–water partition coefficient (Wildman–Crippen LogP) is 3.11. The molecule has 5 nitrogen and oxygen atoms in total. The summed E-state index contributed by atoms with van der Waals surface area (Å²) in [6.07, 6.45) is 0.476. The first-order valence-electron chi connectivity index (χ1n) is 10.1. The van der Waals surface area contributed by atoms with E-state index in [2.05, 4.69) is 0 Å². The lowest BCUT2D eigenvalue weighted by atomic mass is 9.89. The van der Waals surface area contributed by atoms with Crippen molar-refractivity contribution in [2.24, 2.45) is 11.8 Å². The van der Waals surface area contributed by atoms with Crippen molar-refractivity contribution < 1.29 is 23.5 Å². The first-order valence-corrected chi connectivity index (χ1v) is 10.1. The van der Waals surface area contributed by atoms with E-state index in [9.17, 15) is 18.4 Å². The van der Waals surface area contributed by atoms with Crippen LogP contribution in [0.3, 0.4) is 0 Å². The number of aliphatic carboxylic acids is 1. The summed E-state index contributed by atoms with van der Waals surface area (Å²) in [4.78, 5) is 27.9. The van der Waals surface area contributed by atoms with Crippen molar-refractivity contribution >= 4 is 11.9 Å². The molecule has 2 aliphatic rings. The van der Waals surface area contributed by atoms with Gasteiger partial charge in [-0.25, -0.2) is 8.78 Å². The lowest BCUT2D eigenvalue weighted by Crippen LogP contribution is -2.37. The van der Waals surface area contributed by atoms with Gasteiger partial charge in [-0.15, -0.1) is 0 Å². The maximum Gasteiger partial charge on any atom is 0.317 e. The molecule has 2 saturated heterocycles. The van der Waals surface area contributed by atoms with E-state index in [-0.39, 0.29) is 48.4 Å². The Balaban J connectivity index is 1.53. The zero-order valence-electron chi connectivity index (χ0n) is 16.5. The summed E-state index contributed by atoms with van der Waals surface area (Å²) in [5.74, 6) is -1.48. The summed E-state index contributed by atoms with van der Waals surface area (Å²) in [5, 5.41) is 9.11. The monoisotopic (exact) mass is 414 g/mol. The number of hydrogen-bond donors (Lipinski definition) is 1. The quantitative estimate of drug-likeness (QED) is 0.789. The van der Waals surface area contributed by atoms with E-state index in [0.717, 1.165) is 5.56 Å². The van der Waals surface area contributed by atoms with Crippen LogP contribution < -0.4 is 0 Å². The normalized spacial score (nSPS) is 23.5. The SMILES string of the molecule is O=C(O)CN1C[C@H]2CN(C(=O)CCc3ccccc3F)[C@H](c3cccc(F)c3)[C@H]2C1. The molecular weight excluding hydrogens is 390 g/mol. The molecule has 0 radical (unpaired) electrons.